The standard InChI is InChI=1S/C16H23N3O2/c1-16(2,3)18-14(20)12-7-8-17-13(11-12)15(21)19-9-5-4-6-10-19/h7-8,11H,4-6,9-10H2,1-3H3,(H,18,20). The molecule has 1 aromatic heterocycles. The Labute approximate surface area is 125 Å². The molecule has 1 N–H and O–H groups in total. The summed E-state index contributed by atoms with van der Waals surface area (Å²) in [6.07, 6.45) is 4.77. The zero-order valence-electron chi connectivity index (χ0n) is 13.0. The highest BCUT2D eigenvalue weighted by Gasteiger charge is 2.21. The maximum atomic E-state index is 12.4. The second-order valence-corrected chi connectivity index (χ2v) is 6.49. The van der Waals surface area contributed by atoms with Crippen molar-refractivity contribution in [3.05, 3.63) is 29.6 Å². The maximum absolute atomic E-state index is 12.4. The zero-order valence-corrected chi connectivity index (χ0v) is 13.0. The molecule has 1 aliphatic heterocycles. The van der Waals surface area contributed by atoms with Gasteiger partial charge in [-0.15, -0.1) is 0 Å². The number of carbonyl (C=O) groups is 2. The Hall–Kier alpha value is -1.91. The lowest BCUT2D eigenvalue weighted by molar-refractivity contribution is 0.0718. The van der Waals surface area contributed by atoms with Crippen LogP contribution in [0.4, 0.5) is 0 Å². The minimum absolute atomic E-state index is 0.0832. The molecule has 2 amide bonds. The maximum Gasteiger partial charge on any atom is 0.272 e. The van der Waals surface area contributed by atoms with Crippen LogP contribution in [0.25, 0.3) is 0 Å². The van der Waals surface area contributed by atoms with E-state index in [4.69, 9.17) is 0 Å². The van der Waals surface area contributed by atoms with Crippen LogP contribution < -0.4 is 5.32 Å². The summed E-state index contributed by atoms with van der Waals surface area (Å²) in [6, 6.07) is 3.21. The van der Waals surface area contributed by atoms with Crippen molar-refractivity contribution >= 4 is 11.8 Å². The van der Waals surface area contributed by atoms with Crippen LogP contribution in [0.2, 0.25) is 0 Å². The molecular formula is C16H23N3O2. The molecule has 0 atom stereocenters. The summed E-state index contributed by atoms with van der Waals surface area (Å²) in [5.41, 5.74) is 0.510. The summed E-state index contributed by atoms with van der Waals surface area (Å²) in [6.45, 7) is 7.32. The van der Waals surface area contributed by atoms with Crippen LogP contribution in [0.1, 0.15) is 60.9 Å². The summed E-state index contributed by atoms with van der Waals surface area (Å²) in [5.74, 6) is -0.266. The van der Waals surface area contributed by atoms with Crippen molar-refractivity contribution in [2.45, 2.75) is 45.6 Å². The molecule has 114 valence electrons. The molecule has 0 spiro atoms. The third-order valence-electron chi connectivity index (χ3n) is 3.37. The summed E-state index contributed by atoms with van der Waals surface area (Å²) in [7, 11) is 0. The van der Waals surface area contributed by atoms with Crippen molar-refractivity contribution < 1.29 is 9.59 Å². The molecule has 1 fully saturated rings. The van der Waals surface area contributed by atoms with Crippen LogP contribution in [0.5, 0.6) is 0 Å². The number of carbonyl (C=O) groups excluding carboxylic acids is 2. The van der Waals surface area contributed by atoms with E-state index in [2.05, 4.69) is 10.3 Å². The predicted octanol–water partition coefficient (Wildman–Crippen LogP) is 2.24. The summed E-state index contributed by atoms with van der Waals surface area (Å²) in [5, 5.41) is 2.89. The van der Waals surface area contributed by atoms with Gasteiger partial charge in [0.25, 0.3) is 11.8 Å². The van der Waals surface area contributed by atoms with E-state index in [1.807, 2.05) is 25.7 Å². The number of hydrogen-bond acceptors (Lipinski definition) is 3. The Morgan fingerprint density at radius 3 is 2.48 bits per heavy atom. The fraction of sp³-hybridized carbons (Fsp3) is 0.562. The van der Waals surface area contributed by atoms with Gasteiger partial charge in [0.05, 0.1) is 0 Å². The van der Waals surface area contributed by atoms with Crippen LogP contribution in [-0.2, 0) is 0 Å². The number of nitrogens with zero attached hydrogens (tertiary/aromatic N) is 2. The van der Waals surface area contributed by atoms with Crippen molar-refractivity contribution in [3.63, 3.8) is 0 Å². The summed E-state index contributed by atoms with van der Waals surface area (Å²) < 4.78 is 0. The third-order valence-corrected chi connectivity index (χ3v) is 3.37. The first-order chi connectivity index (χ1) is 9.87. The fourth-order valence-electron chi connectivity index (χ4n) is 2.36. The summed E-state index contributed by atoms with van der Waals surface area (Å²) in [4.78, 5) is 30.5. The van der Waals surface area contributed by atoms with Crippen molar-refractivity contribution in [1.82, 2.24) is 15.2 Å². The minimum Gasteiger partial charge on any atom is -0.347 e. The number of piperidine rings is 1. The Kier molecular flexibility index (Phi) is 4.60. The fourth-order valence-corrected chi connectivity index (χ4v) is 2.36. The van der Waals surface area contributed by atoms with E-state index in [1.54, 1.807) is 12.1 Å². The molecule has 0 aliphatic carbocycles. The highest BCUT2D eigenvalue weighted by Crippen LogP contribution is 2.13. The van der Waals surface area contributed by atoms with E-state index in [0.717, 1.165) is 25.9 Å². The van der Waals surface area contributed by atoms with E-state index in [0.29, 0.717) is 11.3 Å². The number of hydrogen-bond donors (Lipinski definition) is 1. The second-order valence-electron chi connectivity index (χ2n) is 6.49. The molecule has 5 heteroatoms. The number of pyridine rings is 1. The molecular weight excluding hydrogens is 266 g/mol. The lowest BCUT2D eigenvalue weighted by Crippen LogP contribution is -2.41. The van der Waals surface area contributed by atoms with Gasteiger partial charge in [-0.3, -0.25) is 14.6 Å². The molecule has 1 saturated heterocycles. The monoisotopic (exact) mass is 289 g/mol. The SMILES string of the molecule is CC(C)(C)NC(=O)c1ccnc(C(=O)N2CCCCC2)c1. The number of likely N-dealkylation sites (tertiary alicyclic amines) is 1. The highest BCUT2D eigenvalue weighted by atomic mass is 16.2. The first-order valence-corrected chi connectivity index (χ1v) is 7.45. The predicted molar refractivity (Wildman–Crippen MR) is 81.2 cm³/mol. The van der Waals surface area contributed by atoms with Crippen molar-refractivity contribution in [2.24, 2.45) is 0 Å². The molecule has 21 heavy (non-hydrogen) atoms. The van der Waals surface area contributed by atoms with Crippen molar-refractivity contribution in [1.29, 1.82) is 0 Å². The van der Waals surface area contributed by atoms with Gasteiger partial charge in [0.1, 0.15) is 5.69 Å². The molecule has 0 saturated carbocycles. The van der Waals surface area contributed by atoms with E-state index in [1.165, 1.54) is 12.6 Å². The molecule has 0 radical (unpaired) electrons. The molecule has 2 rings (SSSR count). The van der Waals surface area contributed by atoms with Gasteiger partial charge in [-0.1, -0.05) is 0 Å². The van der Waals surface area contributed by atoms with Crippen LogP contribution in [-0.4, -0.2) is 40.3 Å². The third kappa shape index (κ3) is 4.28. The lowest BCUT2D eigenvalue weighted by Gasteiger charge is -2.26. The van der Waals surface area contributed by atoms with Crippen LogP contribution in [0, 0.1) is 0 Å². The smallest absolute Gasteiger partial charge is 0.272 e. The topological polar surface area (TPSA) is 62.3 Å². The molecule has 1 aliphatic rings. The van der Waals surface area contributed by atoms with E-state index in [-0.39, 0.29) is 17.4 Å². The van der Waals surface area contributed by atoms with Gasteiger partial charge in [-0.25, -0.2) is 0 Å². The Morgan fingerprint density at radius 2 is 1.86 bits per heavy atom. The normalized spacial score (nSPS) is 15.7. The van der Waals surface area contributed by atoms with Gasteiger partial charge in [0.2, 0.25) is 0 Å². The van der Waals surface area contributed by atoms with E-state index in [9.17, 15) is 9.59 Å². The van der Waals surface area contributed by atoms with E-state index < -0.39 is 0 Å². The highest BCUT2D eigenvalue weighted by molar-refractivity contribution is 5.98. The Bertz CT molecular complexity index is 529. The van der Waals surface area contributed by atoms with Crippen molar-refractivity contribution in [3.8, 4) is 0 Å². The average molecular weight is 289 g/mol. The van der Waals surface area contributed by atoms with Crippen LogP contribution in [0.3, 0.4) is 0 Å². The number of aromatic nitrogens is 1. The van der Waals surface area contributed by atoms with Gasteiger partial charge in [0.15, 0.2) is 0 Å². The van der Waals surface area contributed by atoms with Gasteiger partial charge >= 0.3 is 0 Å². The van der Waals surface area contributed by atoms with Gasteiger partial charge in [0, 0.05) is 30.4 Å². The molecule has 0 bridgehead atoms. The minimum atomic E-state index is -0.308. The van der Waals surface area contributed by atoms with Crippen molar-refractivity contribution in [2.75, 3.05) is 13.1 Å². The second kappa shape index (κ2) is 6.24. The first-order valence-electron chi connectivity index (χ1n) is 7.45. The number of amides is 2. The first kappa shape index (κ1) is 15.5. The van der Waals surface area contributed by atoms with Crippen LogP contribution >= 0.6 is 0 Å². The van der Waals surface area contributed by atoms with Gasteiger partial charge in [-0.05, 0) is 52.2 Å². The molecule has 0 unspecified atom stereocenters. The Morgan fingerprint density at radius 1 is 1.19 bits per heavy atom. The van der Waals surface area contributed by atoms with Crippen LogP contribution in [0.15, 0.2) is 18.3 Å². The van der Waals surface area contributed by atoms with E-state index >= 15 is 0 Å². The summed E-state index contributed by atoms with van der Waals surface area (Å²) >= 11 is 0. The average Bonchev–Trinajstić information content (AvgIpc) is 2.46. The van der Waals surface area contributed by atoms with Gasteiger partial charge < -0.3 is 10.2 Å². The molecule has 2 heterocycles. The molecule has 5 nitrogen and oxygen atoms in total. The largest absolute Gasteiger partial charge is 0.347 e. The number of rotatable bonds is 2. The number of nitrogens with one attached hydrogen (secondary N) is 1. The Balaban J connectivity index is 2.13. The molecule has 1 aromatic rings. The quantitative estimate of drug-likeness (QED) is 0.908. The van der Waals surface area contributed by atoms with Gasteiger partial charge in [-0.2, -0.15) is 0 Å². The molecule has 0 aromatic carbocycles. The lowest BCUT2D eigenvalue weighted by atomic mass is 10.1. The zero-order chi connectivity index (χ0) is 15.5.